The number of carbonyl (C=O) groups is 1. The molecule has 2 aromatic rings. The average Bonchev–Trinajstić information content (AvgIpc) is 2.60. The van der Waals surface area contributed by atoms with E-state index in [0.717, 1.165) is 5.69 Å². The molecule has 0 atom stereocenters. The number of sulfonamides is 1. The Morgan fingerprint density at radius 3 is 2.00 bits per heavy atom. The third-order valence-electron chi connectivity index (χ3n) is 3.56. The monoisotopic (exact) mass is 332 g/mol. The largest absolute Gasteiger partial charge is 0.314 e. The number of para-hydroxylation sites is 1. The molecule has 0 spiro atoms. The maximum Gasteiger partial charge on any atom is 0.243 e. The molecule has 0 aliphatic carbocycles. The number of nitrogens with zero attached hydrogens (tertiary/aromatic N) is 2. The van der Waals surface area contributed by atoms with Gasteiger partial charge in [0, 0.05) is 19.3 Å². The van der Waals surface area contributed by atoms with Crippen LogP contribution in [0.25, 0.3) is 0 Å². The molecule has 0 bridgehead atoms. The molecule has 0 aliphatic rings. The Kier molecular flexibility index (Phi) is 5.52. The van der Waals surface area contributed by atoms with E-state index in [1.54, 1.807) is 44.3 Å². The molecular formula is C17H20N2O3S. The molecule has 2 rings (SSSR count). The van der Waals surface area contributed by atoms with Gasteiger partial charge < -0.3 is 4.90 Å². The number of rotatable bonds is 6. The minimum absolute atomic E-state index is 0.192. The third kappa shape index (κ3) is 3.97. The van der Waals surface area contributed by atoms with E-state index in [1.807, 2.05) is 18.2 Å². The fourth-order valence-corrected chi connectivity index (χ4v) is 3.58. The lowest BCUT2D eigenvalue weighted by Crippen LogP contribution is -2.41. The second kappa shape index (κ2) is 7.39. The predicted molar refractivity (Wildman–Crippen MR) is 90.7 cm³/mol. The number of amides is 1. The number of anilines is 1. The van der Waals surface area contributed by atoms with Gasteiger partial charge in [0.2, 0.25) is 15.9 Å². The quantitative estimate of drug-likeness (QED) is 0.816. The molecule has 0 radical (unpaired) electrons. The maximum atomic E-state index is 12.6. The molecule has 2 aromatic carbocycles. The van der Waals surface area contributed by atoms with Gasteiger partial charge in [0.25, 0.3) is 0 Å². The van der Waals surface area contributed by atoms with E-state index in [-0.39, 0.29) is 23.9 Å². The lowest BCUT2D eigenvalue weighted by atomic mass is 10.3. The predicted octanol–water partition coefficient (Wildman–Crippen LogP) is 2.36. The van der Waals surface area contributed by atoms with E-state index >= 15 is 0 Å². The minimum Gasteiger partial charge on any atom is -0.314 e. The van der Waals surface area contributed by atoms with Gasteiger partial charge in [-0.3, -0.25) is 4.79 Å². The van der Waals surface area contributed by atoms with Crippen LogP contribution in [0.4, 0.5) is 5.69 Å². The summed E-state index contributed by atoms with van der Waals surface area (Å²) < 4.78 is 26.4. The topological polar surface area (TPSA) is 57.7 Å². The van der Waals surface area contributed by atoms with Gasteiger partial charge in [-0.15, -0.1) is 0 Å². The summed E-state index contributed by atoms with van der Waals surface area (Å²) in [4.78, 5) is 14.1. The molecule has 23 heavy (non-hydrogen) atoms. The summed E-state index contributed by atoms with van der Waals surface area (Å²) >= 11 is 0. The second-order valence-corrected chi connectivity index (χ2v) is 6.97. The van der Waals surface area contributed by atoms with Crippen LogP contribution in [0.3, 0.4) is 0 Å². The zero-order chi connectivity index (χ0) is 16.9. The van der Waals surface area contributed by atoms with E-state index in [9.17, 15) is 13.2 Å². The Morgan fingerprint density at radius 1 is 0.957 bits per heavy atom. The van der Waals surface area contributed by atoms with Gasteiger partial charge in [-0.2, -0.15) is 4.31 Å². The SMILES string of the molecule is CCN(CC(=O)N(C)c1ccccc1)S(=O)(=O)c1ccccc1. The van der Waals surface area contributed by atoms with Gasteiger partial charge in [-0.05, 0) is 24.3 Å². The second-order valence-electron chi connectivity index (χ2n) is 5.03. The van der Waals surface area contributed by atoms with Crippen molar-refractivity contribution in [2.24, 2.45) is 0 Å². The highest BCUT2D eigenvalue weighted by Gasteiger charge is 2.26. The number of hydrogen-bond acceptors (Lipinski definition) is 3. The van der Waals surface area contributed by atoms with E-state index in [1.165, 1.54) is 21.3 Å². The normalized spacial score (nSPS) is 11.4. The minimum atomic E-state index is -3.68. The molecule has 0 saturated heterocycles. The molecule has 0 saturated carbocycles. The first kappa shape index (κ1) is 17.2. The van der Waals surface area contributed by atoms with Gasteiger partial charge in [-0.25, -0.2) is 8.42 Å². The van der Waals surface area contributed by atoms with Crippen molar-refractivity contribution >= 4 is 21.6 Å². The smallest absolute Gasteiger partial charge is 0.243 e. The lowest BCUT2D eigenvalue weighted by Gasteiger charge is -2.24. The summed E-state index contributed by atoms with van der Waals surface area (Å²) in [5.41, 5.74) is 0.727. The standard InChI is InChI=1S/C17H20N2O3S/c1-3-19(23(21,22)16-12-8-5-9-13-16)14-17(20)18(2)15-10-6-4-7-11-15/h4-13H,3,14H2,1-2H3. The van der Waals surface area contributed by atoms with Crippen molar-refractivity contribution in [3.8, 4) is 0 Å². The van der Waals surface area contributed by atoms with Crippen molar-refractivity contribution in [1.82, 2.24) is 4.31 Å². The summed E-state index contributed by atoms with van der Waals surface area (Å²) in [6.07, 6.45) is 0. The van der Waals surface area contributed by atoms with Crippen LogP contribution < -0.4 is 4.90 Å². The van der Waals surface area contributed by atoms with Crippen LogP contribution in [0, 0.1) is 0 Å². The Balaban J connectivity index is 2.18. The first-order valence-electron chi connectivity index (χ1n) is 7.33. The summed E-state index contributed by atoms with van der Waals surface area (Å²) in [7, 11) is -2.04. The van der Waals surface area contributed by atoms with Crippen molar-refractivity contribution in [2.45, 2.75) is 11.8 Å². The van der Waals surface area contributed by atoms with Gasteiger partial charge in [0.05, 0.1) is 11.4 Å². The average molecular weight is 332 g/mol. The number of carbonyl (C=O) groups excluding carboxylic acids is 1. The van der Waals surface area contributed by atoms with Crippen LogP contribution in [0.1, 0.15) is 6.92 Å². The molecule has 1 amide bonds. The van der Waals surface area contributed by atoms with Gasteiger partial charge in [0.15, 0.2) is 0 Å². The van der Waals surface area contributed by atoms with Crippen LogP contribution in [0.15, 0.2) is 65.6 Å². The Morgan fingerprint density at radius 2 is 1.48 bits per heavy atom. The fourth-order valence-electron chi connectivity index (χ4n) is 2.16. The van der Waals surface area contributed by atoms with Crippen molar-refractivity contribution in [3.05, 3.63) is 60.7 Å². The summed E-state index contributed by atoms with van der Waals surface area (Å²) in [5, 5.41) is 0. The first-order valence-corrected chi connectivity index (χ1v) is 8.77. The maximum absolute atomic E-state index is 12.6. The molecule has 0 aliphatic heterocycles. The number of likely N-dealkylation sites (N-methyl/N-ethyl adjacent to an activating group) is 2. The molecule has 0 heterocycles. The lowest BCUT2D eigenvalue weighted by molar-refractivity contribution is -0.118. The molecule has 0 aromatic heterocycles. The van der Waals surface area contributed by atoms with Crippen molar-refractivity contribution in [1.29, 1.82) is 0 Å². The van der Waals surface area contributed by atoms with Crippen molar-refractivity contribution < 1.29 is 13.2 Å². The van der Waals surface area contributed by atoms with Crippen LogP contribution in [0.2, 0.25) is 0 Å². The molecule has 122 valence electrons. The Labute approximate surface area is 137 Å². The van der Waals surface area contributed by atoms with Gasteiger partial charge in [0.1, 0.15) is 0 Å². The zero-order valence-electron chi connectivity index (χ0n) is 13.2. The van der Waals surface area contributed by atoms with Crippen LogP contribution in [-0.2, 0) is 14.8 Å². The van der Waals surface area contributed by atoms with Gasteiger partial charge >= 0.3 is 0 Å². The zero-order valence-corrected chi connectivity index (χ0v) is 14.0. The molecular weight excluding hydrogens is 312 g/mol. The number of hydrogen-bond donors (Lipinski definition) is 0. The third-order valence-corrected chi connectivity index (χ3v) is 5.50. The van der Waals surface area contributed by atoms with Crippen LogP contribution in [0.5, 0.6) is 0 Å². The number of benzene rings is 2. The van der Waals surface area contributed by atoms with E-state index in [4.69, 9.17) is 0 Å². The van der Waals surface area contributed by atoms with Crippen molar-refractivity contribution in [2.75, 3.05) is 25.0 Å². The molecule has 0 N–H and O–H groups in total. The van der Waals surface area contributed by atoms with Crippen molar-refractivity contribution in [3.63, 3.8) is 0 Å². The molecule has 6 heteroatoms. The van der Waals surface area contributed by atoms with Gasteiger partial charge in [-0.1, -0.05) is 43.3 Å². The van der Waals surface area contributed by atoms with E-state index < -0.39 is 10.0 Å². The van der Waals surface area contributed by atoms with Crippen LogP contribution in [-0.4, -0.2) is 38.8 Å². The summed E-state index contributed by atoms with van der Waals surface area (Å²) in [6.45, 7) is 1.75. The summed E-state index contributed by atoms with van der Waals surface area (Å²) in [6, 6.07) is 17.3. The van der Waals surface area contributed by atoms with E-state index in [2.05, 4.69) is 0 Å². The fraction of sp³-hybridized carbons (Fsp3) is 0.235. The summed E-state index contributed by atoms with van der Waals surface area (Å²) in [5.74, 6) is -0.280. The molecule has 5 nitrogen and oxygen atoms in total. The molecule has 0 fully saturated rings. The highest BCUT2D eigenvalue weighted by Crippen LogP contribution is 2.16. The highest BCUT2D eigenvalue weighted by molar-refractivity contribution is 7.89. The molecule has 0 unspecified atom stereocenters. The highest BCUT2D eigenvalue weighted by atomic mass is 32.2. The van der Waals surface area contributed by atoms with Crippen LogP contribution >= 0.6 is 0 Å². The van der Waals surface area contributed by atoms with E-state index in [0.29, 0.717) is 0 Å². The Bertz CT molecular complexity index is 746. The first-order chi connectivity index (χ1) is 11.0. The Hall–Kier alpha value is -2.18.